The zero-order valence-corrected chi connectivity index (χ0v) is 12.9. The molecule has 20 heavy (non-hydrogen) atoms. The molecule has 0 aromatic rings. The molecule has 0 saturated carbocycles. The van der Waals surface area contributed by atoms with Gasteiger partial charge in [-0.3, -0.25) is 14.6 Å². The first-order chi connectivity index (χ1) is 9.60. The van der Waals surface area contributed by atoms with E-state index in [2.05, 4.69) is 28.7 Å². The number of carboxylic acid groups (broad SMARTS) is 1. The summed E-state index contributed by atoms with van der Waals surface area (Å²) in [5.41, 5.74) is 0. The molecule has 0 aliphatic carbocycles. The van der Waals surface area contributed by atoms with Crippen LogP contribution in [-0.4, -0.2) is 84.7 Å². The van der Waals surface area contributed by atoms with E-state index in [0.717, 1.165) is 65.1 Å². The second-order valence-electron chi connectivity index (χ2n) is 6.33. The highest BCUT2D eigenvalue weighted by atomic mass is 16.4. The lowest BCUT2D eigenvalue weighted by Crippen LogP contribution is -2.51. The summed E-state index contributed by atoms with van der Waals surface area (Å²) in [5.74, 6) is -0.0440. The molecule has 0 spiro atoms. The van der Waals surface area contributed by atoms with Gasteiger partial charge in [0.05, 0.1) is 0 Å². The van der Waals surface area contributed by atoms with Crippen molar-refractivity contribution in [2.75, 3.05) is 52.9 Å². The summed E-state index contributed by atoms with van der Waals surface area (Å²) < 4.78 is 0. The van der Waals surface area contributed by atoms with Crippen LogP contribution in [-0.2, 0) is 4.79 Å². The first-order valence-corrected chi connectivity index (χ1v) is 7.98. The second kappa shape index (κ2) is 7.38. The predicted octanol–water partition coefficient (Wildman–Crippen LogP) is 0.809. The highest BCUT2D eigenvalue weighted by Crippen LogP contribution is 2.25. The first kappa shape index (κ1) is 15.7. The number of likely N-dealkylation sites (N-methyl/N-ethyl adjacent to an activating group) is 1. The molecule has 2 heterocycles. The predicted molar refractivity (Wildman–Crippen MR) is 79.9 cm³/mol. The summed E-state index contributed by atoms with van der Waals surface area (Å²) in [7, 11) is 2.16. The van der Waals surface area contributed by atoms with E-state index in [0.29, 0.717) is 5.92 Å². The fourth-order valence-corrected chi connectivity index (χ4v) is 3.32. The summed E-state index contributed by atoms with van der Waals surface area (Å²) in [5, 5.41) is 9.43. The van der Waals surface area contributed by atoms with Crippen molar-refractivity contribution in [2.24, 2.45) is 5.92 Å². The third kappa shape index (κ3) is 4.17. The lowest BCUT2D eigenvalue weighted by atomic mass is 9.89. The van der Waals surface area contributed by atoms with Crippen LogP contribution in [0.3, 0.4) is 0 Å². The van der Waals surface area contributed by atoms with Crippen LogP contribution in [0.5, 0.6) is 0 Å². The van der Waals surface area contributed by atoms with Gasteiger partial charge in [0.15, 0.2) is 0 Å². The largest absolute Gasteiger partial charge is 0.480 e. The van der Waals surface area contributed by atoms with Crippen molar-refractivity contribution >= 4 is 5.97 Å². The minimum Gasteiger partial charge on any atom is -0.480 e. The minimum absolute atomic E-state index is 0.263. The van der Waals surface area contributed by atoms with Gasteiger partial charge < -0.3 is 10.0 Å². The minimum atomic E-state index is -0.637. The number of likely N-dealkylation sites (tertiary alicyclic amines) is 1. The van der Waals surface area contributed by atoms with E-state index in [1.807, 2.05) is 0 Å². The molecule has 2 saturated heterocycles. The van der Waals surface area contributed by atoms with Gasteiger partial charge in [0, 0.05) is 39.3 Å². The average Bonchev–Trinajstić information content (AvgIpc) is 2.46. The maximum absolute atomic E-state index is 11.5. The Balaban J connectivity index is 1.80. The summed E-state index contributed by atoms with van der Waals surface area (Å²) in [6.07, 6.45) is 3.09. The molecule has 2 aliphatic rings. The van der Waals surface area contributed by atoms with Gasteiger partial charge in [-0.2, -0.15) is 0 Å². The number of carboxylic acids is 1. The third-order valence-electron chi connectivity index (χ3n) is 4.98. The number of piperidine rings is 1. The van der Waals surface area contributed by atoms with Crippen LogP contribution < -0.4 is 0 Å². The Morgan fingerprint density at radius 2 is 1.85 bits per heavy atom. The smallest absolute Gasteiger partial charge is 0.320 e. The van der Waals surface area contributed by atoms with Gasteiger partial charge in [0.1, 0.15) is 6.04 Å². The maximum atomic E-state index is 11.5. The van der Waals surface area contributed by atoms with E-state index in [4.69, 9.17) is 0 Å². The summed E-state index contributed by atoms with van der Waals surface area (Å²) >= 11 is 0. The summed E-state index contributed by atoms with van der Waals surface area (Å²) in [4.78, 5) is 18.5. The second-order valence-corrected chi connectivity index (χ2v) is 6.33. The molecule has 5 heteroatoms. The first-order valence-electron chi connectivity index (χ1n) is 7.98. The van der Waals surface area contributed by atoms with Crippen molar-refractivity contribution in [2.45, 2.75) is 32.2 Å². The number of carbonyl (C=O) groups is 1. The van der Waals surface area contributed by atoms with Crippen molar-refractivity contribution in [1.29, 1.82) is 0 Å². The van der Waals surface area contributed by atoms with Gasteiger partial charge in [-0.25, -0.2) is 0 Å². The molecule has 116 valence electrons. The van der Waals surface area contributed by atoms with E-state index in [1.54, 1.807) is 0 Å². The van der Waals surface area contributed by atoms with Crippen molar-refractivity contribution in [1.82, 2.24) is 14.7 Å². The zero-order chi connectivity index (χ0) is 14.5. The Hall–Kier alpha value is -0.650. The highest BCUT2D eigenvalue weighted by molar-refractivity contribution is 5.73. The van der Waals surface area contributed by atoms with Crippen molar-refractivity contribution in [3.63, 3.8) is 0 Å². The van der Waals surface area contributed by atoms with Gasteiger partial charge in [-0.15, -0.1) is 0 Å². The van der Waals surface area contributed by atoms with Gasteiger partial charge in [0.25, 0.3) is 0 Å². The van der Waals surface area contributed by atoms with Crippen LogP contribution in [0.4, 0.5) is 0 Å². The fraction of sp³-hybridized carbons (Fsp3) is 0.933. The molecule has 0 radical (unpaired) electrons. The Morgan fingerprint density at radius 1 is 1.15 bits per heavy atom. The van der Waals surface area contributed by atoms with E-state index in [-0.39, 0.29) is 6.04 Å². The number of hydrogen-bond acceptors (Lipinski definition) is 4. The molecular weight excluding hydrogens is 254 g/mol. The van der Waals surface area contributed by atoms with E-state index in [9.17, 15) is 9.90 Å². The molecular formula is C15H29N3O2. The van der Waals surface area contributed by atoms with Gasteiger partial charge in [-0.1, -0.05) is 13.3 Å². The quantitative estimate of drug-likeness (QED) is 0.809. The number of rotatable bonds is 5. The summed E-state index contributed by atoms with van der Waals surface area (Å²) in [6.45, 7) is 9.50. The summed E-state index contributed by atoms with van der Waals surface area (Å²) in [6, 6.07) is -0.263. The normalized spacial score (nSPS) is 30.5. The Morgan fingerprint density at radius 3 is 2.45 bits per heavy atom. The third-order valence-corrected chi connectivity index (χ3v) is 4.98. The monoisotopic (exact) mass is 283 g/mol. The molecule has 2 aliphatic heterocycles. The van der Waals surface area contributed by atoms with Gasteiger partial charge in [0.2, 0.25) is 0 Å². The average molecular weight is 283 g/mol. The van der Waals surface area contributed by atoms with Crippen molar-refractivity contribution < 1.29 is 9.90 Å². The topological polar surface area (TPSA) is 47.0 Å². The lowest BCUT2D eigenvalue weighted by Gasteiger charge is -2.39. The molecule has 0 aromatic carbocycles. The van der Waals surface area contributed by atoms with Crippen molar-refractivity contribution in [3.8, 4) is 0 Å². The van der Waals surface area contributed by atoms with E-state index in [1.165, 1.54) is 0 Å². The molecule has 0 amide bonds. The number of piperazine rings is 1. The number of hydrogen-bond donors (Lipinski definition) is 1. The van der Waals surface area contributed by atoms with E-state index < -0.39 is 5.97 Å². The lowest BCUT2D eigenvalue weighted by molar-refractivity contribution is -0.145. The van der Waals surface area contributed by atoms with Gasteiger partial charge >= 0.3 is 5.97 Å². The van der Waals surface area contributed by atoms with Crippen LogP contribution in [0.25, 0.3) is 0 Å². The SMILES string of the molecule is CCC1CCN(CCN2CCN(C)CC2)C(C(=O)O)C1. The van der Waals surface area contributed by atoms with E-state index >= 15 is 0 Å². The molecule has 2 unspecified atom stereocenters. The molecule has 1 N–H and O–H groups in total. The molecule has 2 atom stereocenters. The number of nitrogens with zero attached hydrogens (tertiary/aromatic N) is 3. The number of aliphatic carboxylic acids is 1. The van der Waals surface area contributed by atoms with Crippen LogP contribution in [0.1, 0.15) is 26.2 Å². The maximum Gasteiger partial charge on any atom is 0.320 e. The molecule has 2 fully saturated rings. The van der Waals surface area contributed by atoms with Crippen LogP contribution in [0.2, 0.25) is 0 Å². The van der Waals surface area contributed by atoms with Crippen LogP contribution >= 0.6 is 0 Å². The molecule has 2 rings (SSSR count). The Bertz CT molecular complexity index is 316. The molecule has 5 nitrogen and oxygen atoms in total. The van der Waals surface area contributed by atoms with Crippen LogP contribution in [0.15, 0.2) is 0 Å². The Labute approximate surface area is 122 Å². The van der Waals surface area contributed by atoms with Gasteiger partial charge in [-0.05, 0) is 32.4 Å². The fourth-order valence-electron chi connectivity index (χ4n) is 3.32. The molecule has 0 aromatic heterocycles. The van der Waals surface area contributed by atoms with Crippen LogP contribution in [0, 0.1) is 5.92 Å². The Kier molecular flexibility index (Phi) is 5.81. The zero-order valence-electron chi connectivity index (χ0n) is 12.9. The highest BCUT2D eigenvalue weighted by Gasteiger charge is 2.32. The molecule has 0 bridgehead atoms. The van der Waals surface area contributed by atoms with Crippen molar-refractivity contribution in [3.05, 3.63) is 0 Å². The standard InChI is InChI=1S/C15H29N3O2/c1-3-13-4-5-18(14(12-13)15(19)20)11-10-17-8-6-16(2)7-9-17/h13-14H,3-12H2,1-2H3,(H,19,20).